The van der Waals surface area contributed by atoms with E-state index in [2.05, 4.69) is 25.9 Å². The van der Waals surface area contributed by atoms with Gasteiger partial charge in [0.2, 0.25) is 11.9 Å². The Morgan fingerprint density at radius 2 is 1.65 bits per heavy atom. The quantitative estimate of drug-likeness (QED) is 0.636. The van der Waals surface area contributed by atoms with E-state index in [9.17, 15) is 9.18 Å². The van der Waals surface area contributed by atoms with E-state index in [0.717, 1.165) is 11.4 Å². The predicted octanol–water partition coefficient (Wildman–Crippen LogP) is 4.37. The molecule has 132 valence electrons. The summed E-state index contributed by atoms with van der Waals surface area (Å²) in [6.45, 7) is 3.32. The first-order chi connectivity index (χ1) is 12.5. The van der Waals surface area contributed by atoms with Crippen LogP contribution in [0.15, 0.2) is 54.6 Å². The Morgan fingerprint density at radius 3 is 2.38 bits per heavy atom. The van der Waals surface area contributed by atoms with E-state index in [-0.39, 0.29) is 11.7 Å². The van der Waals surface area contributed by atoms with Crippen LogP contribution in [-0.4, -0.2) is 15.9 Å². The molecule has 0 spiro atoms. The van der Waals surface area contributed by atoms with Gasteiger partial charge >= 0.3 is 0 Å². The first-order valence-corrected chi connectivity index (χ1v) is 8.01. The summed E-state index contributed by atoms with van der Waals surface area (Å²) >= 11 is 0. The number of carbonyl (C=O) groups excluding carboxylic acids is 1. The van der Waals surface area contributed by atoms with Gasteiger partial charge in [-0.3, -0.25) is 4.79 Å². The third kappa shape index (κ3) is 4.76. The summed E-state index contributed by atoms with van der Waals surface area (Å²) in [7, 11) is 0. The van der Waals surface area contributed by atoms with Crippen LogP contribution in [-0.2, 0) is 4.79 Å². The van der Waals surface area contributed by atoms with Gasteiger partial charge in [0.15, 0.2) is 0 Å². The van der Waals surface area contributed by atoms with Crippen molar-refractivity contribution in [3.05, 3.63) is 66.1 Å². The Labute approximate surface area is 150 Å². The number of rotatable bonds is 5. The number of aromatic nitrogens is 2. The van der Waals surface area contributed by atoms with Crippen molar-refractivity contribution in [2.45, 2.75) is 13.8 Å². The van der Waals surface area contributed by atoms with Crippen molar-refractivity contribution in [2.24, 2.45) is 0 Å². The molecule has 0 unspecified atom stereocenters. The van der Waals surface area contributed by atoms with Crippen LogP contribution in [0.1, 0.15) is 12.6 Å². The molecule has 1 amide bonds. The molecule has 26 heavy (non-hydrogen) atoms. The first kappa shape index (κ1) is 17.3. The zero-order valence-electron chi connectivity index (χ0n) is 14.4. The number of nitrogens with one attached hydrogen (secondary N) is 3. The van der Waals surface area contributed by atoms with Crippen molar-refractivity contribution in [1.82, 2.24) is 9.97 Å². The Kier molecular flexibility index (Phi) is 5.07. The molecule has 0 fully saturated rings. The molecule has 3 aromatic rings. The SMILES string of the molecule is CC(=O)Nc1cccc(Nc2cc(C)nc(Nc3ccc(F)cc3)n2)c1. The van der Waals surface area contributed by atoms with Gasteiger partial charge < -0.3 is 16.0 Å². The number of aryl methyl sites for hydroxylation is 1. The normalized spacial score (nSPS) is 10.3. The number of anilines is 5. The van der Waals surface area contributed by atoms with Gasteiger partial charge in [-0.1, -0.05) is 6.07 Å². The van der Waals surface area contributed by atoms with Gasteiger partial charge in [-0.25, -0.2) is 9.37 Å². The van der Waals surface area contributed by atoms with Crippen molar-refractivity contribution in [1.29, 1.82) is 0 Å². The Hall–Kier alpha value is -3.48. The molecule has 1 heterocycles. The topological polar surface area (TPSA) is 78.9 Å². The summed E-state index contributed by atoms with van der Waals surface area (Å²) in [4.78, 5) is 19.9. The molecule has 0 aliphatic heterocycles. The molecule has 0 aliphatic rings. The molecule has 1 aromatic heterocycles. The zero-order chi connectivity index (χ0) is 18.5. The molecule has 0 saturated carbocycles. The number of amides is 1. The third-order valence-corrected chi connectivity index (χ3v) is 3.41. The standard InChI is InChI=1S/C19H18FN5O/c1-12-10-18(23-17-5-3-4-16(11-17)22-13(2)26)25-19(21-12)24-15-8-6-14(20)7-9-15/h3-11H,1-2H3,(H,22,26)(H2,21,23,24,25). The van der Waals surface area contributed by atoms with E-state index >= 15 is 0 Å². The molecule has 3 N–H and O–H groups in total. The maximum Gasteiger partial charge on any atom is 0.229 e. The number of hydrogen-bond donors (Lipinski definition) is 3. The van der Waals surface area contributed by atoms with Gasteiger partial charge in [-0.15, -0.1) is 0 Å². The largest absolute Gasteiger partial charge is 0.340 e. The summed E-state index contributed by atoms with van der Waals surface area (Å²) < 4.78 is 13.0. The second-order valence-electron chi connectivity index (χ2n) is 5.74. The molecule has 7 heteroatoms. The van der Waals surface area contributed by atoms with E-state index in [4.69, 9.17) is 0 Å². The van der Waals surface area contributed by atoms with Gasteiger partial charge in [0.1, 0.15) is 11.6 Å². The highest BCUT2D eigenvalue weighted by molar-refractivity contribution is 5.89. The van der Waals surface area contributed by atoms with Crippen LogP contribution in [0.2, 0.25) is 0 Å². The third-order valence-electron chi connectivity index (χ3n) is 3.41. The van der Waals surface area contributed by atoms with Crippen LogP contribution < -0.4 is 16.0 Å². The molecule has 6 nitrogen and oxygen atoms in total. The second kappa shape index (κ2) is 7.60. The highest BCUT2D eigenvalue weighted by atomic mass is 19.1. The Balaban J connectivity index is 1.79. The predicted molar refractivity (Wildman–Crippen MR) is 100 cm³/mol. The van der Waals surface area contributed by atoms with Crippen molar-refractivity contribution in [3.8, 4) is 0 Å². The fourth-order valence-corrected chi connectivity index (χ4v) is 2.38. The van der Waals surface area contributed by atoms with Gasteiger partial charge in [-0.2, -0.15) is 4.98 Å². The van der Waals surface area contributed by atoms with E-state index in [1.54, 1.807) is 24.3 Å². The van der Waals surface area contributed by atoms with Gasteiger partial charge in [0.05, 0.1) is 0 Å². The molecule has 3 rings (SSSR count). The molecule has 0 radical (unpaired) electrons. The number of benzene rings is 2. The minimum Gasteiger partial charge on any atom is -0.340 e. The van der Waals surface area contributed by atoms with E-state index < -0.39 is 0 Å². The fourth-order valence-electron chi connectivity index (χ4n) is 2.38. The van der Waals surface area contributed by atoms with Crippen LogP contribution in [0.4, 0.5) is 33.2 Å². The highest BCUT2D eigenvalue weighted by Crippen LogP contribution is 2.21. The van der Waals surface area contributed by atoms with E-state index in [1.165, 1.54) is 19.1 Å². The van der Waals surface area contributed by atoms with Crippen LogP contribution in [0.3, 0.4) is 0 Å². The number of nitrogens with zero attached hydrogens (tertiary/aromatic N) is 2. The molecule has 0 saturated heterocycles. The van der Waals surface area contributed by atoms with Crippen LogP contribution in [0, 0.1) is 12.7 Å². The molecular weight excluding hydrogens is 333 g/mol. The van der Waals surface area contributed by atoms with Crippen LogP contribution >= 0.6 is 0 Å². The van der Waals surface area contributed by atoms with Crippen molar-refractivity contribution < 1.29 is 9.18 Å². The van der Waals surface area contributed by atoms with Crippen molar-refractivity contribution in [3.63, 3.8) is 0 Å². The lowest BCUT2D eigenvalue weighted by atomic mass is 10.2. The van der Waals surface area contributed by atoms with Crippen LogP contribution in [0.25, 0.3) is 0 Å². The number of hydrogen-bond acceptors (Lipinski definition) is 5. The Morgan fingerprint density at radius 1 is 0.923 bits per heavy atom. The maximum atomic E-state index is 13.0. The number of halogens is 1. The maximum absolute atomic E-state index is 13.0. The lowest BCUT2D eigenvalue weighted by Gasteiger charge is -2.11. The Bertz CT molecular complexity index is 927. The molecule has 0 bridgehead atoms. The molecule has 2 aromatic carbocycles. The van der Waals surface area contributed by atoms with Crippen molar-refractivity contribution >= 4 is 34.7 Å². The summed E-state index contributed by atoms with van der Waals surface area (Å²) in [6, 6.07) is 15.1. The smallest absolute Gasteiger partial charge is 0.229 e. The van der Waals surface area contributed by atoms with Crippen molar-refractivity contribution in [2.75, 3.05) is 16.0 Å². The summed E-state index contributed by atoms with van der Waals surface area (Å²) in [5.74, 6) is 0.562. The summed E-state index contributed by atoms with van der Waals surface area (Å²) in [5, 5.41) is 8.98. The second-order valence-corrected chi connectivity index (χ2v) is 5.74. The van der Waals surface area contributed by atoms with Crippen LogP contribution in [0.5, 0.6) is 0 Å². The van der Waals surface area contributed by atoms with Gasteiger partial charge in [0.25, 0.3) is 0 Å². The summed E-state index contributed by atoms with van der Waals surface area (Å²) in [5.41, 5.74) is 2.93. The highest BCUT2D eigenvalue weighted by Gasteiger charge is 2.05. The zero-order valence-corrected chi connectivity index (χ0v) is 14.4. The average Bonchev–Trinajstić information content (AvgIpc) is 2.56. The average molecular weight is 351 g/mol. The minimum atomic E-state index is -0.304. The minimum absolute atomic E-state index is 0.134. The first-order valence-electron chi connectivity index (χ1n) is 8.01. The molecule has 0 atom stereocenters. The van der Waals surface area contributed by atoms with E-state index in [1.807, 2.05) is 25.1 Å². The van der Waals surface area contributed by atoms with Gasteiger partial charge in [-0.05, 0) is 49.4 Å². The molecule has 0 aliphatic carbocycles. The fraction of sp³-hybridized carbons (Fsp3) is 0.105. The van der Waals surface area contributed by atoms with E-state index in [0.29, 0.717) is 23.1 Å². The molecular formula is C19H18FN5O. The monoisotopic (exact) mass is 351 g/mol. The lowest BCUT2D eigenvalue weighted by Crippen LogP contribution is -2.06. The van der Waals surface area contributed by atoms with Gasteiger partial charge in [0, 0.05) is 35.7 Å². The lowest BCUT2D eigenvalue weighted by molar-refractivity contribution is -0.114. The summed E-state index contributed by atoms with van der Waals surface area (Å²) in [6.07, 6.45) is 0. The number of carbonyl (C=O) groups is 1.